The maximum atomic E-state index is 13.0. The lowest BCUT2D eigenvalue weighted by molar-refractivity contribution is -0.136. The molecule has 2 N–H and O–H groups in total. The first-order valence-electron chi connectivity index (χ1n) is 11.0. The van der Waals surface area contributed by atoms with E-state index >= 15 is 0 Å². The van der Waals surface area contributed by atoms with Gasteiger partial charge in [0.2, 0.25) is 11.8 Å². The lowest BCUT2D eigenvalue weighted by Crippen LogP contribution is -2.52. The standard InChI is InChI=1S/C24H23N7O3/c1-2-16-10-27-30(13-16)9-8-29-15-25-11-17(29)12-26-20-5-3-4-18-19(20)14-31(24(18)34)21-6-7-22(32)28-23(21)33/h1,3-5,10-11,13,15,21,26H,6-9,12,14H2,(H,28,32,33). The van der Waals surface area contributed by atoms with Crippen LogP contribution in [0.2, 0.25) is 0 Å². The van der Waals surface area contributed by atoms with Crippen LogP contribution in [0.3, 0.4) is 0 Å². The van der Waals surface area contributed by atoms with Gasteiger partial charge >= 0.3 is 0 Å². The van der Waals surface area contributed by atoms with Crippen molar-refractivity contribution in [2.45, 2.75) is 45.1 Å². The van der Waals surface area contributed by atoms with Crippen LogP contribution in [0, 0.1) is 12.3 Å². The van der Waals surface area contributed by atoms with Gasteiger partial charge in [-0.2, -0.15) is 5.10 Å². The summed E-state index contributed by atoms with van der Waals surface area (Å²) < 4.78 is 3.83. The lowest BCUT2D eigenvalue weighted by atomic mass is 10.0. The molecule has 1 atom stereocenters. The molecule has 2 aliphatic heterocycles. The first kappa shape index (κ1) is 21.5. The van der Waals surface area contributed by atoms with Crippen molar-refractivity contribution in [2.24, 2.45) is 0 Å². The molecule has 1 aromatic carbocycles. The van der Waals surface area contributed by atoms with E-state index in [9.17, 15) is 14.4 Å². The summed E-state index contributed by atoms with van der Waals surface area (Å²) in [5.74, 6) is 1.66. The van der Waals surface area contributed by atoms with E-state index < -0.39 is 11.9 Å². The molecular formula is C24H23N7O3. The molecule has 10 heteroatoms. The number of rotatable bonds is 7. The second kappa shape index (κ2) is 8.86. The van der Waals surface area contributed by atoms with Crippen molar-refractivity contribution in [1.82, 2.24) is 29.5 Å². The van der Waals surface area contributed by atoms with E-state index in [1.54, 1.807) is 34.4 Å². The molecule has 5 rings (SSSR count). The summed E-state index contributed by atoms with van der Waals surface area (Å²) in [6.07, 6.45) is 13.0. The van der Waals surface area contributed by atoms with E-state index in [4.69, 9.17) is 6.42 Å². The molecule has 2 aromatic heterocycles. The molecule has 0 saturated carbocycles. The number of aromatic nitrogens is 4. The minimum absolute atomic E-state index is 0.191. The number of aryl methyl sites for hydroxylation is 2. The van der Waals surface area contributed by atoms with E-state index in [1.165, 1.54) is 0 Å². The zero-order valence-corrected chi connectivity index (χ0v) is 18.4. The molecule has 0 spiro atoms. The highest BCUT2D eigenvalue weighted by atomic mass is 16.2. The Morgan fingerprint density at radius 1 is 1.21 bits per heavy atom. The average molecular weight is 457 g/mol. The Bertz CT molecular complexity index is 1320. The van der Waals surface area contributed by atoms with Crippen molar-refractivity contribution in [2.75, 3.05) is 5.32 Å². The highest BCUT2D eigenvalue weighted by Gasteiger charge is 2.39. The topological polar surface area (TPSA) is 114 Å². The van der Waals surface area contributed by atoms with Gasteiger partial charge in [0.15, 0.2) is 0 Å². The molecule has 0 bridgehead atoms. The number of carbonyl (C=O) groups excluding carboxylic acids is 3. The van der Waals surface area contributed by atoms with E-state index in [1.807, 2.05) is 22.9 Å². The summed E-state index contributed by atoms with van der Waals surface area (Å²) in [6.45, 7) is 2.16. The molecule has 1 unspecified atom stereocenters. The molecule has 1 saturated heterocycles. The predicted molar refractivity (Wildman–Crippen MR) is 122 cm³/mol. The van der Waals surface area contributed by atoms with Crippen molar-refractivity contribution in [3.05, 3.63) is 65.5 Å². The smallest absolute Gasteiger partial charge is 0.255 e. The van der Waals surface area contributed by atoms with Gasteiger partial charge in [0.05, 0.1) is 36.9 Å². The number of hydrogen-bond donors (Lipinski definition) is 2. The van der Waals surface area contributed by atoms with E-state index in [-0.39, 0.29) is 18.2 Å². The number of anilines is 1. The fourth-order valence-electron chi connectivity index (χ4n) is 4.40. The van der Waals surface area contributed by atoms with Crippen molar-refractivity contribution >= 4 is 23.4 Å². The van der Waals surface area contributed by atoms with Crippen molar-refractivity contribution in [3.8, 4) is 12.3 Å². The summed E-state index contributed by atoms with van der Waals surface area (Å²) >= 11 is 0. The van der Waals surface area contributed by atoms with Gasteiger partial charge in [-0.25, -0.2) is 4.98 Å². The Hall–Kier alpha value is -4.39. The fraction of sp³-hybridized carbons (Fsp3) is 0.292. The number of terminal acetylenes is 1. The summed E-state index contributed by atoms with van der Waals surface area (Å²) in [5, 5.41) is 10.0. The third-order valence-electron chi connectivity index (χ3n) is 6.21. The number of hydrogen-bond acceptors (Lipinski definition) is 6. The molecule has 0 aliphatic carbocycles. The molecule has 4 heterocycles. The van der Waals surface area contributed by atoms with Crippen molar-refractivity contribution in [1.29, 1.82) is 0 Å². The van der Waals surface area contributed by atoms with Gasteiger partial charge in [-0.15, -0.1) is 6.42 Å². The molecular weight excluding hydrogens is 434 g/mol. The molecule has 10 nitrogen and oxygen atoms in total. The minimum Gasteiger partial charge on any atom is -0.379 e. The summed E-state index contributed by atoms with van der Waals surface area (Å²) in [4.78, 5) is 42.6. The fourth-order valence-corrected chi connectivity index (χ4v) is 4.40. The van der Waals surface area contributed by atoms with E-state index in [0.29, 0.717) is 38.2 Å². The van der Waals surface area contributed by atoms with Crippen LogP contribution in [0.5, 0.6) is 0 Å². The third-order valence-corrected chi connectivity index (χ3v) is 6.21. The second-order valence-corrected chi connectivity index (χ2v) is 8.30. The van der Waals surface area contributed by atoms with Crippen molar-refractivity contribution < 1.29 is 14.4 Å². The number of benzene rings is 1. The highest BCUT2D eigenvalue weighted by Crippen LogP contribution is 2.32. The normalized spacial score (nSPS) is 17.4. The summed E-state index contributed by atoms with van der Waals surface area (Å²) in [5.41, 5.74) is 3.98. The Labute approximate surface area is 196 Å². The summed E-state index contributed by atoms with van der Waals surface area (Å²) in [6, 6.07) is 4.88. The van der Waals surface area contributed by atoms with Crippen LogP contribution < -0.4 is 10.6 Å². The number of fused-ring (bicyclic) bond motifs is 1. The quantitative estimate of drug-likeness (QED) is 0.406. The van der Waals surface area contributed by atoms with Crippen molar-refractivity contribution in [3.63, 3.8) is 0 Å². The van der Waals surface area contributed by atoms with Gasteiger partial charge in [-0.3, -0.25) is 24.4 Å². The molecule has 2 aliphatic rings. The average Bonchev–Trinajstić information content (AvgIpc) is 3.56. The van der Waals surface area contributed by atoms with Gasteiger partial charge in [0.25, 0.3) is 5.91 Å². The van der Waals surface area contributed by atoms with E-state index in [0.717, 1.165) is 22.5 Å². The highest BCUT2D eigenvalue weighted by molar-refractivity contribution is 6.06. The van der Waals surface area contributed by atoms with Gasteiger partial charge in [0, 0.05) is 48.7 Å². The maximum absolute atomic E-state index is 13.0. The van der Waals surface area contributed by atoms with Gasteiger partial charge in [-0.1, -0.05) is 12.0 Å². The Morgan fingerprint density at radius 2 is 2.09 bits per heavy atom. The minimum atomic E-state index is -0.635. The number of nitrogens with zero attached hydrogens (tertiary/aromatic N) is 5. The zero-order valence-electron chi connectivity index (χ0n) is 18.4. The number of nitrogens with one attached hydrogen (secondary N) is 2. The number of imidazole rings is 1. The Balaban J connectivity index is 1.26. The predicted octanol–water partition coefficient (Wildman–Crippen LogP) is 1.13. The van der Waals surface area contributed by atoms with Crippen LogP contribution in [0.25, 0.3) is 0 Å². The number of amides is 3. The number of piperidine rings is 1. The van der Waals surface area contributed by atoms with Crippen LogP contribution in [0.15, 0.2) is 43.1 Å². The maximum Gasteiger partial charge on any atom is 0.255 e. The Kier molecular flexibility index (Phi) is 5.59. The second-order valence-electron chi connectivity index (χ2n) is 8.30. The Morgan fingerprint density at radius 3 is 2.88 bits per heavy atom. The molecule has 0 radical (unpaired) electrons. The summed E-state index contributed by atoms with van der Waals surface area (Å²) in [7, 11) is 0. The molecule has 3 amide bonds. The molecule has 1 fully saturated rings. The monoisotopic (exact) mass is 457 g/mol. The van der Waals surface area contributed by atoms with E-state index in [2.05, 4.69) is 26.6 Å². The molecule has 172 valence electrons. The van der Waals surface area contributed by atoms with Crippen LogP contribution >= 0.6 is 0 Å². The van der Waals surface area contributed by atoms with Gasteiger partial charge < -0.3 is 14.8 Å². The first-order valence-corrected chi connectivity index (χ1v) is 11.0. The number of imide groups is 1. The van der Waals surface area contributed by atoms with Crippen LogP contribution in [0.1, 0.15) is 40.0 Å². The van der Waals surface area contributed by atoms with Crippen LogP contribution in [-0.4, -0.2) is 48.0 Å². The third kappa shape index (κ3) is 4.03. The largest absolute Gasteiger partial charge is 0.379 e. The van der Waals surface area contributed by atoms with Gasteiger partial charge in [-0.05, 0) is 18.6 Å². The molecule has 34 heavy (non-hydrogen) atoms. The number of carbonyl (C=O) groups is 3. The molecule has 3 aromatic rings. The first-order chi connectivity index (χ1) is 16.5. The van der Waals surface area contributed by atoms with Crippen LogP contribution in [-0.2, 0) is 35.8 Å². The van der Waals surface area contributed by atoms with Gasteiger partial charge in [0.1, 0.15) is 6.04 Å². The SMILES string of the molecule is C#Cc1cnn(CCn2cncc2CNc2cccc3c2CN(C2CCC(=O)NC2=O)C3=O)c1. The lowest BCUT2D eigenvalue weighted by Gasteiger charge is -2.29. The zero-order chi connectivity index (χ0) is 23.7. The van der Waals surface area contributed by atoms with Crippen LogP contribution in [0.4, 0.5) is 5.69 Å².